The molecule has 28 heavy (non-hydrogen) atoms. The zero-order chi connectivity index (χ0) is 19.9. The van der Waals surface area contributed by atoms with Crippen molar-refractivity contribution in [2.45, 2.75) is 46.3 Å². The molecule has 0 bridgehead atoms. The normalized spacial score (nSPS) is 10.9. The molecule has 2 amide bonds. The molecule has 1 N–H and O–H groups in total. The van der Waals surface area contributed by atoms with E-state index in [2.05, 4.69) is 73.3 Å². The molecule has 4 nitrogen and oxygen atoms in total. The Labute approximate surface area is 167 Å². The van der Waals surface area contributed by atoms with Crippen molar-refractivity contribution >= 4 is 11.7 Å². The van der Waals surface area contributed by atoms with E-state index in [1.807, 2.05) is 35.2 Å². The number of rotatable bonds is 7. The minimum Gasteiger partial charge on any atom is -0.345 e. The van der Waals surface area contributed by atoms with Crippen LogP contribution in [0.5, 0.6) is 0 Å². The van der Waals surface area contributed by atoms with Crippen LogP contribution in [0, 0.1) is 0 Å². The zero-order valence-corrected chi connectivity index (χ0v) is 16.9. The number of hydrogen-bond acceptors (Lipinski definition) is 1. The molecule has 0 unspecified atom stereocenters. The summed E-state index contributed by atoms with van der Waals surface area (Å²) in [6, 6.07) is 22.5. The SMILES string of the molecule is CCc1ccccc1NC(=O)N(Cc1cccn1Cc1ccccc1)C(C)C. The molecule has 2 aromatic carbocycles. The van der Waals surface area contributed by atoms with Gasteiger partial charge in [0.15, 0.2) is 0 Å². The molecule has 0 aliphatic heterocycles. The van der Waals surface area contributed by atoms with Gasteiger partial charge in [0.1, 0.15) is 0 Å². The molecule has 3 rings (SSSR count). The summed E-state index contributed by atoms with van der Waals surface area (Å²) in [7, 11) is 0. The Hall–Kier alpha value is -3.01. The third-order valence-corrected chi connectivity index (χ3v) is 4.98. The number of nitrogens with zero attached hydrogens (tertiary/aromatic N) is 2. The first-order valence-electron chi connectivity index (χ1n) is 9.92. The summed E-state index contributed by atoms with van der Waals surface area (Å²) in [4.78, 5) is 14.9. The topological polar surface area (TPSA) is 37.3 Å². The fraction of sp³-hybridized carbons (Fsp3) is 0.292. The largest absolute Gasteiger partial charge is 0.345 e. The van der Waals surface area contributed by atoms with E-state index in [-0.39, 0.29) is 12.1 Å². The van der Waals surface area contributed by atoms with Crippen LogP contribution in [0.1, 0.15) is 37.6 Å². The van der Waals surface area contributed by atoms with E-state index in [0.717, 1.165) is 29.9 Å². The van der Waals surface area contributed by atoms with Gasteiger partial charge in [-0.05, 0) is 49.6 Å². The summed E-state index contributed by atoms with van der Waals surface area (Å²) in [5, 5.41) is 3.10. The zero-order valence-electron chi connectivity index (χ0n) is 16.9. The van der Waals surface area contributed by atoms with Crippen LogP contribution in [0.2, 0.25) is 0 Å². The van der Waals surface area contributed by atoms with Gasteiger partial charge in [0.2, 0.25) is 0 Å². The van der Waals surface area contributed by atoms with Crippen molar-refractivity contribution in [1.82, 2.24) is 9.47 Å². The summed E-state index contributed by atoms with van der Waals surface area (Å²) in [5.41, 5.74) is 4.40. The fourth-order valence-corrected chi connectivity index (χ4v) is 3.33. The van der Waals surface area contributed by atoms with Crippen molar-refractivity contribution in [3.05, 3.63) is 89.7 Å². The maximum atomic E-state index is 13.0. The lowest BCUT2D eigenvalue weighted by Gasteiger charge is -2.28. The standard InChI is InChI=1S/C24H29N3O/c1-4-21-13-8-9-15-23(21)25-24(28)27(19(2)3)18-22-14-10-16-26(22)17-20-11-6-5-7-12-20/h5-16,19H,4,17-18H2,1-3H3,(H,25,28). The van der Waals surface area contributed by atoms with E-state index in [4.69, 9.17) is 0 Å². The summed E-state index contributed by atoms with van der Waals surface area (Å²) in [6.07, 6.45) is 2.96. The second-order valence-corrected chi connectivity index (χ2v) is 7.28. The Kier molecular flexibility index (Phi) is 6.53. The third kappa shape index (κ3) is 4.83. The van der Waals surface area contributed by atoms with E-state index in [1.165, 1.54) is 5.56 Å². The van der Waals surface area contributed by atoms with Crippen LogP contribution in [0.4, 0.5) is 10.5 Å². The average Bonchev–Trinajstić information content (AvgIpc) is 3.13. The molecular formula is C24H29N3O. The van der Waals surface area contributed by atoms with Gasteiger partial charge in [-0.15, -0.1) is 0 Å². The van der Waals surface area contributed by atoms with Crippen LogP contribution < -0.4 is 5.32 Å². The number of benzene rings is 2. The van der Waals surface area contributed by atoms with Crippen molar-refractivity contribution in [1.29, 1.82) is 0 Å². The number of aromatic nitrogens is 1. The molecule has 0 radical (unpaired) electrons. The van der Waals surface area contributed by atoms with E-state index in [1.54, 1.807) is 0 Å². The highest BCUT2D eigenvalue weighted by molar-refractivity contribution is 5.90. The lowest BCUT2D eigenvalue weighted by atomic mass is 10.1. The van der Waals surface area contributed by atoms with Crippen molar-refractivity contribution < 1.29 is 4.79 Å². The number of carbonyl (C=O) groups is 1. The average molecular weight is 376 g/mol. The van der Waals surface area contributed by atoms with Gasteiger partial charge in [-0.3, -0.25) is 0 Å². The Bertz CT molecular complexity index is 899. The molecule has 0 saturated carbocycles. The Morgan fingerprint density at radius 1 is 1.00 bits per heavy atom. The highest BCUT2D eigenvalue weighted by Gasteiger charge is 2.19. The second-order valence-electron chi connectivity index (χ2n) is 7.28. The maximum Gasteiger partial charge on any atom is 0.322 e. The van der Waals surface area contributed by atoms with Gasteiger partial charge in [-0.25, -0.2) is 4.79 Å². The van der Waals surface area contributed by atoms with Crippen LogP contribution in [0.3, 0.4) is 0 Å². The number of para-hydroxylation sites is 1. The quantitative estimate of drug-likeness (QED) is 0.578. The van der Waals surface area contributed by atoms with Gasteiger partial charge < -0.3 is 14.8 Å². The Morgan fingerprint density at radius 3 is 2.43 bits per heavy atom. The smallest absolute Gasteiger partial charge is 0.322 e. The highest BCUT2D eigenvalue weighted by Crippen LogP contribution is 2.18. The Balaban J connectivity index is 1.75. The maximum absolute atomic E-state index is 13.0. The molecule has 0 spiro atoms. The van der Waals surface area contributed by atoms with Gasteiger partial charge in [0, 0.05) is 30.2 Å². The molecule has 146 valence electrons. The van der Waals surface area contributed by atoms with Gasteiger partial charge in [-0.1, -0.05) is 55.5 Å². The number of amides is 2. The van der Waals surface area contributed by atoms with Crippen LogP contribution in [-0.4, -0.2) is 21.5 Å². The number of aryl methyl sites for hydroxylation is 1. The van der Waals surface area contributed by atoms with Crippen molar-refractivity contribution in [3.8, 4) is 0 Å². The minimum atomic E-state index is -0.0663. The highest BCUT2D eigenvalue weighted by atomic mass is 16.2. The number of nitrogens with one attached hydrogen (secondary N) is 1. The van der Waals surface area contributed by atoms with E-state index in [9.17, 15) is 4.79 Å². The van der Waals surface area contributed by atoms with Crippen LogP contribution in [0.15, 0.2) is 72.9 Å². The van der Waals surface area contributed by atoms with Crippen LogP contribution in [0.25, 0.3) is 0 Å². The second kappa shape index (κ2) is 9.27. The molecular weight excluding hydrogens is 346 g/mol. The molecule has 0 aliphatic carbocycles. The lowest BCUT2D eigenvalue weighted by Crippen LogP contribution is -2.40. The summed E-state index contributed by atoms with van der Waals surface area (Å²) in [6.45, 7) is 7.57. The third-order valence-electron chi connectivity index (χ3n) is 4.98. The summed E-state index contributed by atoms with van der Waals surface area (Å²) >= 11 is 0. The van der Waals surface area contributed by atoms with Gasteiger partial charge >= 0.3 is 6.03 Å². The minimum absolute atomic E-state index is 0.0663. The fourth-order valence-electron chi connectivity index (χ4n) is 3.33. The molecule has 3 aromatic rings. The predicted molar refractivity (Wildman–Crippen MR) is 115 cm³/mol. The van der Waals surface area contributed by atoms with Crippen LogP contribution >= 0.6 is 0 Å². The molecule has 0 atom stereocenters. The van der Waals surface area contributed by atoms with Crippen molar-refractivity contribution in [2.75, 3.05) is 5.32 Å². The lowest BCUT2D eigenvalue weighted by molar-refractivity contribution is 0.192. The number of carbonyl (C=O) groups excluding carboxylic acids is 1. The van der Waals surface area contributed by atoms with E-state index < -0.39 is 0 Å². The van der Waals surface area contributed by atoms with Crippen molar-refractivity contribution in [3.63, 3.8) is 0 Å². The summed E-state index contributed by atoms with van der Waals surface area (Å²) in [5.74, 6) is 0. The first kappa shape index (κ1) is 19.7. The number of urea groups is 1. The molecule has 0 aliphatic rings. The monoisotopic (exact) mass is 375 g/mol. The number of hydrogen-bond donors (Lipinski definition) is 1. The van der Waals surface area contributed by atoms with Crippen LogP contribution in [-0.2, 0) is 19.5 Å². The summed E-state index contributed by atoms with van der Waals surface area (Å²) < 4.78 is 2.21. The van der Waals surface area contributed by atoms with Gasteiger partial charge in [0.25, 0.3) is 0 Å². The van der Waals surface area contributed by atoms with Crippen molar-refractivity contribution in [2.24, 2.45) is 0 Å². The van der Waals surface area contributed by atoms with E-state index in [0.29, 0.717) is 6.54 Å². The molecule has 1 aromatic heterocycles. The van der Waals surface area contributed by atoms with Gasteiger partial charge in [-0.2, -0.15) is 0 Å². The molecule has 0 saturated heterocycles. The predicted octanol–water partition coefficient (Wildman–Crippen LogP) is 5.54. The first-order chi connectivity index (χ1) is 13.6. The number of anilines is 1. The van der Waals surface area contributed by atoms with Gasteiger partial charge in [0.05, 0.1) is 6.54 Å². The Morgan fingerprint density at radius 2 is 1.71 bits per heavy atom. The molecule has 0 fully saturated rings. The van der Waals surface area contributed by atoms with E-state index >= 15 is 0 Å². The molecule has 1 heterocycles. The first-order valence-corrected chi connectivity index (χ1v) is 9.92. The molecule has 4 heteroatoms.